The van der Waals surface area contributed by atoms with Gasteiger partial charge in [-0.3, -0.25) is 0 Å². The smallest absolute Gasteiger partial charge is 0.124 e. The van der Waals surface area contributed by atoms with Crippen molar-refractivity contribution in [2.75, 3.05) is 6.61 Å². The predicted molar refractivity (Wildman–Crippen MR) is 95.6 cm³/mol. The summed E-state index contributed by atoms with van der Waals surface area (Å²) in [7, 11) is 0. The molecule has 2 rings (SSSR count). The fourth-order valence-corrected chi connectivity index (χ4v) is 2.59. The van der Waals surface area contributed by atoms with E-state index in [9.17, 15) is 0 Å². The van der Waals surface area contributed by atoms with E-state index >= 15 is 0 Å². The maximum absolute atomic E-state index is 6.07. The molecule has 1 atom stereocenters. The van der Waals surface area contributed by atoms with Gasteiger partial charge < -0.3 is 10.1 Å². The van der Waals surface area contributed by atoms with Crippen LogP contribution in [-0.2, 0) is 6.54 Å². The Balaban J connectivity index is 2.21. The first-order chi connectivity index (χ1) is 10.8. The van der Waals surface area contributed by atoms with E-state index in [1.807, 2.05) is 0 Å². The van der Waals surface area contributed by atoms with Crippen LogP contribution in [0.1, 0.15) is 52.0 Å². The Morgan fingerprint density at radius 1 is 1.05 bits per heavy atom. The Kier molecular flexibility index (Phi) is 6.73. The van der Waals surface area contributed by atoms with Gasteiger partial charge in [-0.2, -0.15) is 0 Å². The molecule has 0 saturated heterocycles. The Morgan fingerprint density at radius 2 is 1.86 bits per heavy atom. The van der Waals surface area contributed by atoms with Crippen LogP contribution < -0.4 is 10.1 Å². The van der Waals surface area contributed by atoms with E-state index in [-0.39, 0.29) is 0 Å². The molecular weight excluding hydrogens is 270 g/mol. The average molecular weight is 299 g/mol. The lowest BCUT2D eigenvalue weighted by atomic mass is 10.0. The quantitative estimate of drug-likeness (QED) is 0.635. The molecule has 0 aliphatic rings. The zero-order chi connectivity index (χ0) is 15.8. The SMILES string of the molecule is CCCCCOc1ccc2ccccc2c1CNC(C)CC. The number of nitrogens with one attached hydrogen (secondary N) is 1. The fraction of sp³-hybridized carbons (Fsp3) is 0.500. The van der Waals surface area contributed by atoms with Gasteiger partial charge in [-0.1, -0.05) is 57.0 Å². The molecule has 2 nitrogen and oxygen atoms in total. The summed E-state index contributed by atoms with van der Waals surface area (Å²) in [6, 6.07) is 13.4. The molecule has 0 aliphatic heterocycles. The van der Waals surface area contributed by atoms with Crippen molar-refractivity contribution in [1.82, 2.24) is 5.32 Å². The van der Waals surface area contributed by atoms with Crippen LogP contribution >= 0.6 is 0 Å². The topological polar surface area (TPSA) is 21.3 Å². The van der Waals surface area contributed by atoms with Gasteiger partial charge in [-0.15, -0.1) is 0 Å². The summed E-state index contributed by atoms with van der Waals surface area (Å²) in [6.07, 6.45) is 4.72. The van der Waals surface area contributed by atoms with Crippen molar-refractivity contribution in [2.24, 2.45) is 0 Å². The summed E-state index contributed by atoms with van der Waals surface area (Å²) >= 11 is 0. The van der Waals surface area contributed by atoms with E-state index in [1.54, 1.807) is 0 Å². The molecule has 0 fully saturated rings. The maximum Gasteiger partial charge on any atom is 0.124 e. The van der Waals surface area contributed by atoms with Gasteiger partial charge in [0, 0.05) is 18.2 Å². The third-order valence-electron chi connectivity index (χ3n) is 4.24. The van der Waals surface area contributed by atoms with E-state index in [1.165, 1.54) is 29.2 Å². The van der Waals surface area contributed by atoms with Gasteiger partial charge in [0.25, 0.3) is 0 Å². The van der Waals surface area contributed by atoms with Crippen LogP contribution in [-0.4, -0.2) is 12.6 Å². The summed E-state index contributed by atoms with van der Waals surface area (Å²) in [4.78, 5) is 0. The van der Waals surface area contributed by atoms with Crippen molar-refractivity contribution in [3.8, 4) is 5.75 Å². The summed E-state index contributed by atoms with van der Waals surface area (Å²) < 4.78 is 6.07. The Morgan fingerprint density at radius 3 is 2.64 bits per heavy atom. The van der Waals surface area contributed by atoms with Crippen molar-refractivity contribution >= 4 is 10.8 Å². The first kappa shape index (κ1) is 16.8. The second-order valence-electron chi connectivity index (χ2n) is 6.01. The number of fused-ring (bicyclic) bond motifs is 1. The molecule has 2 heteroatoms. The monoisotopic (exact) mass is 299 g/mol. The zero-order valence-electron chi connectivity index (χ0n) is 14.2. The van der Waals surface area contributed by atoms with Gasteiger partial charge in [-0.05, 0) is 36.6 Å². The maximum atomic E-state index is 6.07. The lowest BCUT2D eigenvalue weighted by Crippen LogP contribution is -2.24. The first-order valence-corrected chi connectivity index (χ1v) is 8.63. The lowest BCUT2D eigenvalue weighted by molar-refractivity contribution is 0.302. The number of hydrogen-bond donors (Lipinski definition) is 1. The highest BCUT2D eigenvalue weighted by molar-refractivity contribution is 5.87. The highest BCUT2D eigenvalue weighted by Gasteiger charge is 2.10. The van der Waals surface area contributed by atoms with Crippen LogP contribution in [0.25, 0.3) is 10.8 Å². The van der Waals surface area contributed by atoms with Crippen molar-refractivity contribution in [3.05, 3.63) is 42.0 Å². The van der Waals surface area contributed by atoms with Crippen molar-refractivity contribution in [2.45, 2.75) is 59.0 Å². The Hall–Kier alpha value is -1.54. The van der Waals surface area contributed by atoms with E-state index in [4.69, 9.17) is 4.74 Å². The molecule has 120 valence electrons. The Labute approximate surface area is 134 Å². The van der Waals surface area contributed by atoms with E-state index in [2.05, 4.69) is 62.5 Å². The number of benzene rings is 2. The number of hydrogen-bond acceptors (Lipinski definition) is 2. The van der Waals surface area contributed by atoms with Gasteiger partial charge in [-0.25, -0.2) is 0 Å². The summed E-state index contributed by atoms with van der Waals surface area (Å²) in [6.45, 7) is 8.33. The summed E-state index contributed by atoms with van der Waals surface area (Å²) in [5, 5.41) is 6.18. The van der Waals surface area contributed by atoms with Crippen LogP contribution in [0, 0.1) is 0 Å². The lowest BCUT2D eigenvalue weighted by Gasteiger charge is -2.17. The van der Waals surface area contributed by atoms with Crippen molar-refractivity contribution in [1.29, 1.82) is 0 Å². The number of rotatable bonds is 9. The largest absolute Gasteiger partial charge is 0.493 e. The minimum absolute atomic E-state index is 0.520. The van der Waals surface area contributed by atoms with E-state index < -0.39 is 0 Å². The molecule has 1 unspecified atom stereocenters. The molecular formula is C20H29NO. The van der Waals surface area contributed by atoms with Gasteiger partial charge in [0.1, 0.15) is 5.75 Å². The van der Waals surface area contributed by atoms with Gasteiger partial charge in [0.15, 0.2) is 0 Å². The molecule has 2 aromatic rings. The standard InChI is InChI=1S/C20H29NO/c1-4-6-9-14-22-20-13-12-17-10-7-8-11-18(17)19(20)15-21-16(3)5-2/h7-8,10-13,16,21H,4-6,9,14-15H2,1-3H3. The molecule has 2 aromatic carbocycles. The molecule has 0 heterocycles. The average Bonchev–Trinajstić information content (AvgIpc) is 2.56. The summed E-state index contributed by atoms with van der Waals surface area (Å²) in [5.41, 5.74) is 1.29. The van der Waals surface area contributed by atoms with E-state index in [0.29, 0.717) is 6.04 Å². The second-order valence-corrected chi connectivity index (χ2v) is 6.01. The van der Waals surface area contributed by atoms with Gasteiger partial charge >= 0.3 is 0 Å². The van der Waals surface area contributed by atoms with Crippen LogP contribution in [0.15, 0.2) is 36.4 Å². The fourth-order valence-electron chi connectivity index (χ4n) is 2.59. The molecule has 0 aliphatic carbocycles. The van der Waals surface area contributed by atoms with Crippen LogP contribution in [0.4, 0.5) is 0 Å². The van der Waals surface area contributed by atoms with Crippen molar-refractivity contribution in [3.63, 3.8) is 0 Å². The zero-order valence-corrected chi connectivity index (χ0v) is 14.2. The predicted octanol–water partition coefficient (Wildman–Crippen LogP) is 5.30. The van der Waals surface area contributed by atoms with Crippen LogP contribution in [0.2, 0.25) is 0 Å². The molecule has 0 bridgehead atoms. The van der Waals surface area contributed by atoms with Crippen LogP contribution in [0.5, 0.6) is 5.75 Å². The third kappa shape index (κ3) is 4.48. The van der Waals surface area contributed by atoms with Crippen molar-refractivity contribution < 1.29 is 4.74 Å². The highest BCUT2D eigenvalue weighted by Crippen LogP contribution is 2.28. The molecule has 0 spiro atoms. The molecule has 1 N–H and O–H groups in total. The Bertz CT molecular complexity index is 579. The molecule has 0 radical (unpaired) electrons. The molecule has 0 amide bonds. The summed E-state index contributed by atoms with van der Waals surface area (Å²) in [5.74, 6) is 1.03. The third-order valence-corrected chi connectivity index (χ3v) is 4.24. The molecule has 0 saturated carbocycles. The number of unbranched alkanes of at least 4 members (excludes halogenated alkanes) is 2. The van der Waals surface area contributed by atoms with Crippen LogP contribution in [0.3, 0.4) is 0 Å². The minimum Gasteiger partial charge on any atom is -0.493 e. The first-order valence-electron chi connectivity index (χ1n) is 8.63. The second kappa shape index (κ2) is 8.79. The normalized spacial score (nSPS) is 12.5. The highest BCUT2D eigenvalue weighted by atomic mass is 16.5. The van der Waals surface area contributed by atoms with Gasteiger partial charge in [0.2, 0.25) is 0 Å². The minimum atomic E-state index is 0.520. The van der Waals surface area contributed by atoms with E-state index in [0.717, 1.165) is 31.7 Å². The molecule has 0 aromatic heterocycles. The number of ether oxygens (including phenoxy) is 1. The molecule has 22 heavy (non-hydrogen) atoms. The van der Waals surface area contributed by atoms with Gasteiger partial charge in [0.05, 0.1) is 6.61 Å².